The van der Waals surface area contributed by atoms with E-state index in [0.717, 1.165) is 15.9 Å². The van der Waals surface area contributed by atoms with Crippen LogP contribution < -0.4 is 10.5 Å². The van der Waals surface area contributed by atoms with Crippen LogP contribution in [0.1, 0.15) is 28.7 Å². The summed E-state index contributed by atoms with van der Waals surface area (Å²) in [6.07, 6.45) is 0. The molecule has 0 fully saturated rings. The Labute approximate surface area is 130 Å². The van der Waals surface area contributed by atoms with Gasteiger partial charge in [0.05, 0.1) is 15.9 Å². The fraction of sp³-hybridized carbons (Fsp3) is 0.286. The number of hydrogen-bond donors (Lipinski definition) is 2. The molecule has 7 heteroatoms. The van der Waals surface area contributed by atoms with Gasteiger partial charge < -0.3 is 15.6 Å². The molecule has 0 bridgehead atoms. The highest BCUT2D eigenvalue weighted by molar-refractivity contribution is 9.10. The lowest BCUT2D eigenvalue weighted by Gasteiger charge is -2.12. The van der Waals surface area contributed by atoms with Crippen LogP contribution in [-0.2, 0) is 13.2 Å². The molecule has 0 saturated carbocycles. The van der Waals surface area contributed by atoms with E-state index in [2.05, 4.69) is 21.0 Å². The first kappa shape index (κ1) is 15.4. The average molecular weight is 354 g/mol. The van der Waals surface area contributed by atoms with E-state index in [4.69, 9.17) is 10.5 Å². The van der Waals surface area contributed by atoms with Gasteiger partial charge in [-0.3, -0.25) is 4.68 Å². The number of carboxylic acids is 1. The Morgan fingerprint density at radius 2 is 2.24 bits per heavy atom. The lowest BCUT2D eigenvalue weighted by molar-refractivity contribution is 0.0693. The Morgan fingerprint density at radius 3 is 2.86 bits per heavy atom. The van der Waals surface area contributed by atoms with Gasteiger partial charge in [-0.05, 0) is 41.9 Å². The number of nitrogens with two attached hydrogens (primary N) is 1. The molecule has 2 aromatic rings. The second kappa shape index (κ2) is 6.17. The minimum Gasteiger partial charge on any atom is -0.486 e. The van der Waals surface area contributed by atoms with Crippen LogP contribution in [0.4, 0.5) is 5.69 Å². The topological polar surface area (TPSA) is 90.4 Å². The van der Waals surface area contributed by atoms with E-state index in [9.17, 15) is 9.90 Å². The van der Waals surface area contributed by atoms with Crippen LogP contribution in [0.2, 0.25) is 0 Å². The Bertz CT molecular complexity index is 682. The molecule has 0 amide bonds. The molecular weight excluding hydrogens is 338 g/mol. The first-order valence-corrected chi connectivity index (χ1v) is 7.21. The summed E-state index contributed by atoms with van der Waals surface area (Å²) in [5, 5.41) is 13.6. The van der Waals surface area contributed by atoms with Crippen molar-refractivity contribution in [3.05, 3.63) is 39.6 Å². The van der Waals surface area contributed by atoms with Gasteiger partial charge in [0.25, 0.3) is 0 Å². The van der Waals surface area contributed by atoms with Crippen LogP contribution >= 0.6 is 15.9 Å². The maximum absolute atomic E-state index is 11.3. The maximum Gasteiger partial charge on any atom is 0.341 e. The number of hydrogen-bond acceptors (Lipinski definition) is 4. The molecule has 1 aromatic carbocycles. The quantitative estimate of drug-likeness (QED) is 0.806. The zero-order valence-electron chi connectivity index (χ0n) is 11.8. The fourth-order valence-electron chi connectivity index (χ4n) is 2.05. The molecule has 0 saturated heterocycles. The number of carbonyl (C=O) groups is 1. The lowest BCUT2D eigenvalue weighted by atomic mass is 10.1. The number of benzene rings is 1. The van der Waals surface area contributed by atoms with E-state index in [-0.39, 0.29) is 23.6 Å². The number of ether oxygens (including phenoxy) is 1. The van der Waals surface area contributed by atoms with Gasteiger partial charge in [-0.25, -0.2) is 4.79 Å². The summed E-state index contributed by atoms with van der Waals surface area (Å²) in [6.45, 7) is 4.78. The zero-order valence-corrected chi connectivity index (χ0v) is 13.3. The van der Waals surface area contributed by atoms with Gasteiger partial charge >= 0.3 is 5.97 Å². The van der Waals surface area contributed by atoms with Crippen molar-refractivity contribution in [1.82, 2.24) is 9.78 Å². The lowest BCUT2D eigenvalue weighted by Crippen LogP contribution is -2.10. The molecule has 0 unspecified atom stereocenters. The summed E-state index contributed by atoms with van der Waals surface area (Å²) in [5.41, 5.74) is 7.57. The number of halogens is 1. The van der Waals surface area contributed by atoms with Crippen molar-refractivity contribution in [1.29, 1.82) is 0 Å². The number of aryl methyl sites for hydroxylation is 2. The van der Waals surface area contributed by atoms with E-state index in [0.29, 0.717) is 6.54 Å². The fourth-order valence-corrected chi connectivity index (χ4v) is 2.45. The molecule has 0 radical (unpaired) electrons. The van der Waals surface area contributed by atoms with E-state index in [1.165, 1.54) is 6.07 Å². The standard InChI is InChI=1S/C14H16BrN3O3/c1-3-18-10(13(15)8(2)17-18)7-21-11-6-4-5-9(16)12(11)14(19)20/h4-6H,3,7,16H2,1-2H3,(H,19,20). The molecule has 112 valence electrons. The number of aromatic carboxylic acids is 1. The summed E-state index contributed by atoms with van der Waals surface area (Å²) in [5.74, 6) is -0.863. The van der Waals surface area contributed by atoms with Gasteiger partial charge in [0.15, 0.2) is 0 Å². The van der Waals surface area contributed by atoms with Gasteiger partial charge in [-0.15, -0.1) is 0 Å². The van der Waals surface area contributed by atoms with E-state index < -0.39 is 5.97 Å². The molecule has 1 heterocycles. The van der Waals surface area contributed by atoms with Gasteiger partial charge in [-0.2, -0.15) is 5.10 Å². The SMILES string of the molecule is CCn1nc(C)c(Br)c1COc1cccc(N)c1C(=O)O. The summed E-state index contributed by atoms with van der Waals surface area (Å²) >= 11 is 3.47. The highest BCUT2D eigenvalue weighted by Crippen LogP contribution is 2.27. The number of anilines is 1. The Morgan fingerprint density at radius 1 is 1.52 bits per heavy atom. The molecule has 21 heavy (non-hydrogen) atoms. The molecule has 6 nitrogen and oxygen atoms in total. The number of rotatable bonds is 5. The third-order valence-corrected chi connectivity index (χ3v) is 4.12. The first-order valence-electron chi connectivity index (χ1n) is 6.42. The third kappa shape index (κ3) is 3.02. The van der Waals surface area contributed by atoms with Gasteiger partial charge in [0.2, 0.25) is 0 Å². The third-order valence-electron chi connectivity index (χ3n) is 3.09. The molecule has 0 aliphatic heterocycles. The van der Waals surface area contributed by atoms with Crippen molar-refractivity contribution in [3.8, 4) is 5.75 Å². The highest BCUT2D eigenvalue weighted by atomic mass is 79.9. The van der Waals surface area contributed by atoms with Crippen molar-refractivity contribution in [2.75, 3.05) is 5.73 Å². The van der Waals surface area contributed by atoms with Crippen LogP contribution in [-0.4, -0.2) is 20.9 Å². The average Bonchev–Trinajstić information content (AvgIpc) is 2.71. The van der Waals surface area contributed by atoms with Crippen LogP contribution in [0.25, 0.3) is 0 Å². The van der Waals surface area contributed by atoms with Crippen molar-refractivity contribution < 1.29 is 14.6 Å². The number of nitrogen functional groups attached to an aromatic ring is 1. The molecule has 0 atom stereocenters. The van der Waals surface area contributed by atoms with Crippen LogP contribution in [0, 0.1) is 6.92 Å². The molecule has 2 rings (SSSR count). The summed E-state index contributed by atoms with van der Waals surface area (Å²) in [6, 6.07) is 4.79. The highest BCUT2D eigenvalue weighted by Gasteiger charge is 2.17. The molecule has 0 spiro atoms. The van der Waals surface area contributed by atoms with E-state index >= 15 is 0 Å². The summed E-state index contributed by atoms with van der Waals surface area (Å²) < 4.78 is 8.33. The summed E-state index contributed by atoms with van der Waals surface area (Å²) in [7, 11) is 0. The first-order chi connectivity index (χ1) is 9.95. The molecule has 3 N–H and O–H groups in total. The predicted octanol–water partition coefficient (Wildman–Crippen LogP) is 2.83. The van der Waals surface area contributed by atoms with Crippen molar-refractivity contribution in [2.45, 2.75) is 27.0 Å². The second-order valence-corrected chi connectivity index (χ2v) is 5.27. The number of aromatic nitrogens is 2. The zero-order chi connectivity index (χ0) is 15.6. The van der Waals surface area contributed by atoms with Crippen molar-refractivity contribution in [3.63, 3.8) is 0 Å². The van der Waals surface area contributed by atoms with Crippen LogP contribution in [0.3, 0.4) is 0 Å². The van der Waals surface area contributed by atoms with Gasteiger partial charge in [0.1, 0.15) is 17.9 Å². The van der Waals surface area contributed by atoms with Gasteiger partial charge in [0, 0.05) is 12.2 Å². The van der Waals surface area contributed by atoms with Crippen LogP contribution in [0.5, 0.6) is 5.75 Å². The largest absolute Gasteiger partial charge is 0.486 e. The molecule has 1 aromatic heterocycles. The molecular formula is C14H16BrN3O3. The van der Waals surface area contributed by atoms with Gasteiger partial charge in [-0.1, -0.05) is 6.07 Å². The normalized spacial score (nSPS) is 10.6. The van der Waals surface area contributed by atoms with Crippen LogP contribution in [0.15, 0.2) is 22.7 Å². The maximum atomic E-state index is 11.3. The molecule has 0 aliphatic rings. The van der Waals surface area contributed by atoms with Crippen molar-refractivity contribution >= 4 is 27.6 Å². The smallest absolute Gasteiger partial charge is 0.341 e. The minimum atomic E-state index is -1.11. The number of nitrogens with zero attached hydrogens (tertiary/aromatic N) is 2. The monoisotopic (exact) mass is 353 g/mol. The van der Waals surface area contributed by atoms with E-state index in [1.807, 2.05) is 18.5 Å². The predicted molar refractivity (Wildman–Crippen MR) is 82.5 cm³/mol. The second-order valence-electron chi connectivity index (χ2n) is 4.48. The number of carboxylic acid groups (broad SMARTS) is 1. The molecule has 0 aliphatic carbocycles. The summed E-state index contributed by atoms with van der Waals surface area (Å²) in [4.78, 5) is 11.3. The minimum absolute atomic E-state index is 0.0205. The Kier molecular flexibility index (Phi) is 4.52. The van der Waals surface area contributed by atoms with E-state index in [1.54, 1.807) is 12.1 Å². The Hall–Kier alpha value is -2.02. The Balaban J connectivity index is 2.29. The van der Waals surface area contributed by atoms with Crippen molar-refractivity contribution in [2.24, 2.45) is 0 Å².